The lowest BCUT2D eigenvalue weighted by Crippen LogP contribution is -2.34. The Morgan fingerprint density at radius 3 is 2.64 bits per heavy atom. The first-order chi connectivity index (χ1) is 10.3. The lowest BCUT2D eigenvalue weighted by Gasteiger charge is -2.18. The highest BCUT2D eigenvalue weighted by Gasteiger charge is 2.16. The van der Waals surface area contributed by atoms with Crippen LogP contribution in [0.25, 0.3) is 0 Å². The van der Waals surface area contributed by atoms with Crippen LogP contribution in [0.5, 0.6) is 5.75 Å². The first kappa shape index (κ1) is 18.4. The van der Waals surface area contributed by atoms with E-state index < -0.39 is 10.0 Å². The number of aromatic hydroxyl groups is 1. The van der Waals surface area contributed by atoms with E-state index in [1.54, 1.807) is 38.1 Å². The van der Waals surface area contributed by atoms with Crippen LogP contribution in [0.15, 0.2) is 24.3 Å². The van der Waals surface area contributed by atoms with Crippen LogP contribution in [0.2, 0.25) is 0 Å². The van der Waals surface area contributed by atoms with E-state index in [4.69, 9.17) is 0 Å². The number of phenols is 1. The van der Waals surface area contributed by atoms with Gasteiger partial charge in [0.15, 0.2) is 0 Å². The fourth-order valence-electron chi connectivity index (χ4n) is 2.12. The second-order valence-corrected chi connectivity index (χ2v) is 7.20. The van der Waals surface area contributed by atoms with Crippen LogP contribution in [0.3, 0.4) is 0 Å². The molecule has 1 unspecified atom stereocenters. The minimum Gasteiger partial charge on any atom is -0.508 e. The summed E-state index contributed by atoms with van der Waals surface area (Å²) in [6, 6.07) is 6.59. The number of hydrogen-bond donors (Lipinski definition) is 2. The van der Waals surface area contributed by atoms with Gasteiger partial charge in [0.1, 0.15) is 5.75 Å². The number of sulfonamides is 1. The smallest absolute Gasteiger partial charge is 0.227 e. The van der Waals surface area contributed by atoms with Crippen molar-refractivity contribution in [3.8, 4) is 5.75 Å². The zero-order valence-electron chi connectivity index (χ0n) is 13.2. The van der Waals surface area contributed by atoms with Gasteiger partial charge in [-0.3, -0.25) is 4.79 Å². The molecule has 1 rings (SSSR count). The van der Waals surface area contributed by atoms with Crippen LogP contribution in [0.4, 0.5) is 0 Å². The van der Waals surface area contributed by atoms with Gasteiger partial charge in [0.25, 0.3) is 0 Å². The summed E-state index contributed by atoms with van der Waals surface area (Å²) in [5, 5.41) is 12.2. The van der Waals surface area contributed by atoms with E-state index in [0.717, 1.165) is 5.56 Å². The van der Waals surface area contributed by atoms with Crippen molar-refractivity contribution in [2.24, 2.45) is 0 Å². The quantitative estimate of drug-likeness (QED) is 0.704. The lowest BCUT2D eigenvalue weighted by atomic mass is 10.0. The molecule has 1 atom stereocenters. The molecule has 124 valence electrons. The van der Waals surface area contributed by atoms with Crippen molar-refractivity contribution in [1.82, 2.24) is 9.62 Å². The first-order valence-electron chi connectivity index (χ1n) is 7.27. The van der Waals surface area contributed by atoms with Crippen molar-refractivity contribution in [2.45, 2.75) is 26.2 Å². The van der Waals surface area contributed by atoms with Crippen molar-refractivity contribution in [3.05, 3.63) is 29.8 Å². The highest BCUT2D eigenvalue weighted by Crippen LogP contribution is 2.19. The number of phenolic OH excluding ortho intramolecular Hbond substituents is 1. The summed E-state index contributed by atoms with van der Waals surface area (Å²) in [6.07, 6.45) is 1.73. The SMILES string of the molecule is CCN(CCCNC(=O)C(C)c1cccc(O)c1)S(C)(=O)=O. The van der Waals surface area contributed by atoms with Gasteiger partial charge in [-0.15, -0.1) is 0 Å². The summed E-state index contributed by atoms with van der Waals surface area (Å²) in [4.78, 5) is 12.0. The summed E-state index contributed by atoms with van der Waals surface area (Å²) in [6.45, 7) is 4.76. The molecule has 2 N–H and O–H groups in total. The van der Waals surface area contributed by atoms with E-state index in [0.29, 0.717) is 26.1 Å². The molecule has 1 aromatic rings. The number of hydrogen-bond acceptors (Lipinski definition) is 4. The summed E-state index contributed by atoms with van der Waals surface area (Å²) >= 11 is 0. The molecule has 1 aromatic carbocycles. The number of rotatable bonds is 8. The number of nitrogens with zero attached hydrogens (tertiary/aromatic N) is 1. The molecule has 6 nitrogen and oxygen atoms in total. The molecule has 0 aromatic heterocycles. The average molecular weight is 328 g/mol. The summed E-state index contributed by atoms with van der Waals surface area (Å²) in [5.74, 6) is -0.388. The molecule has 7 heteroatoms. The van der Waals surface area contributed by atoms with Gasteiger partial charge in [0.2, 0.25) is 15.9 Å². The van der Waals surface area contributed by atoms with Gasteiger partial charge < -0.3 is 10.4 Å². The molecule has 0 radical (unpaired) electrons. The normalized spacial score (nSPS) is 13.1. The largest absolute Gasteiger partial charge is 0.508 e. The molecule has 1 amide bonds. The molecular formula is C15H24N2O4S. The Hall–Kier alpha value is -1.60. The third-order valence-corrected chi connectivity index (χ3v) is 4.85. The highest BCUT2D eigenvalue weighted by atomic mass is 32.2. The van der Waals surface area contributed by atoms with Crippen molar-refractivity contribution in [2.75, 3.05) is 25.9 Å². The number of carbonyl (C=O) groups is 1. The number of carbonyl (C=O) groups excluding carboxylic acids is 1. The van der Waals surface area contributed by atoms with Gasteiger partial charge in [-0.25, -0.2) is 12.7 Å². The fourth-order valence-corrected chi connectivity index (χ4v) is 3.05. The van der Waals surface area contributed by atoms with Crippen LogP contribution < -0.4 is 5.32 Å². The maximum absolute atomic E-state index is 12.0. The van der Waals surface area contributed by atoms with Gasteiger partial charge in [-0.05, 0) is 31.0 Å². The molecule has 0 spiro atoms. The van der Waals surface area contributed by atoms with Gasteiger partial charge in [-0.1, -0.05) is 19.1 Å². The molecule has 0 heterocycles. The molecule has 0 saturated carbocycles. The van der Waals surface area contributed by atoms with Crippen molar-refractivity contribution < 1.29 is 18.3 Å². The van der Waals surface area contributed by atoms with Crippen LogP contribution in [-0.2, 0) is 14.8 Å². The minimum atomic E-state index is -3.19. The first-order valence-corrected chi connectivity index (χ1v) is 9.12. The van der Waals surface area contributed by atoms with Crippen molar-refractivity contribution in [1.29, 1.82) is 0 Å². The second kappa shape index (κ2) is 8.14. The lowest BCUT2D eigenvalue weighted by molar-refractivity contribution is -0.122. The van der Waals surface area contributed by atoms with E-state index in [-0.39, 0.29) is 17.6 Å². The third kappa shape index (κ3) is 5.65. The number of benzene rings is 1. The monoisotopic (exact) mass is 328 g/mol. The molecule has 0 aliphatic rings. The minimum absolute atomic E-state index is 0.129. The zero-order valence-corrected chi connectivity index (χ0v) is 14.1. The van der Waals surface area contributed by atoms with E-state index in [1.807, 2.05) is 0 Å². The predicted octanol–water partition coefficient (Wildman–Crippen LogP) is 1.28. The van der Waals surface area contributed by atoms with Crippen LogP contribution >= 0.6 is 0 Å². The Kier molecular flexibility index (Phi) is 6.83. The van der Waals surface area contributed by atoms with Crippen LogP contribution in [0, 0.1) is 0 Å². The maximum atomic E-state index is 12.0. The van der Waals surface area contributed by atoms with Crippen LogP contribution in [-0.4, -0.2) is 49.6 Å². The Labute approximate surface area is 132 Å². The molecule has 0 bridgehead atoms. The van der Waals surface area contributed by atoms with Crippen molar-refractivity contribution in [3.63, 3.8) is 0 Å². The molecule has 0 aliphatic heterocycles. The summed E-state index contributed by atoms with van der Waals surface area (Å²) < 4.78 is 24.2. The van der Waals surface area contributed by atoms with Gasteiger partial charge in [-0.2, -0.15) is 0 Å². The van der Waals surface area contributed by atoms with Gasteiger partial charge in [0.05, 0.1) is 12.2 Å². The van der Waals surface area contributed by atoms with Gasteiger partial charge >= 0.3 is 0 Å². The standard InChI is InChI=1S/C15H24N2O4S/c1-4-17(22(3,20)21)10-6-9-16-15(19)12(2)13-7-5-8-14(18)11-13/h5,7-8,11-12,18H,4,6,9-10H2,1-3H3,(H,16,19). The van der Waals surface area contributed by atoms with Gasteiger partial charge in [0, 0.05) is 19.6 Å². The Morgan fingerprint density at radius 2 is 2.09 bits per heavy atom. The van der Waals surface area contributed by atoms with E-state index in [9.17, 15) is 18.3 Å². The molecular weight excluding hydrogens is 304 g/mol. The molecule has 0 fully saturated rings. The number of amides is 1. The molecule has 0 aliphatic carbocycles. The topological polar surface area (TPSA) is 86.7 Å². The Balaban J connectivity index is 2.43. The summed E-state index contributed by atoms with van der Waals surface area (Å²) in [7, 11) is -3.19. The summed E-state index contributed by atoms with van der Waals surface area (Å²) in [5.41, 5.74) is 0.740. The Bertz CT molecular complexity index is 601. The van der Waals surface area contributed by atoms with Crippen LogP contribution in [0.1, 0.15) is 31.7 Å². The third-order valence-electron chi connectivity index (χ3n) is 3.47. The second-order valence-electron chi connectivity index (χ2n) is 5.22. The molecule has 22 heavy (non-hydrogen) atoms. The average Bonchev–Trinajstić information content (AvgIpc) is 2.44. The van der Waals surface area contributed by atoms with E-state index >= 15 is 0 Å². The Morgan fingerprint density at radius 1 is 1.41 bits per heavy atom. The molecule has 0 saturated heterocycles. The highest BCUT2D eigenvalue weighted by molar-refractivity contribution is 7.88. The number of nitrogens with one attached hydrogen (secondary N) is 1. The maximum Gasteiger partial charge on any atom is 0.227 e. The predicted molar refractivity (Wildman–Crippen MR) is 86.2 cm³/mol. The fraction of sp³-hybridized carbons (Fsp3) is 0.533. The van der Waals surface area contributed by atoms with Crippen molar-refractivity contribution >= 4 is 15.9 Å². The van der Waals surface area contributed by atoms with E-state index in [1.165, 1.54) is 10.6 Å². The zero-order chi connectivity index (χ0) is 16.8. The van der Waals surface area contributed by atoms with E-state index in [2.05, 4.69) is 5.32 Å².